The van der Waals surface area contributed by atoms with Crippen LogP contribution >= 0.6 is 0 Å². The zero-order chi connectivity index (χ0) is 16.2. The molecule has 0 bridgehead atoms. The highest BCUT2D eigenvalue weighted by atomic mass is 28.5. The molecule has 0 fully saturated rings. The summed E-state index contributed by atoms with van der Waals surface area (Å²) in [5, 5.41) is 19.6. The van der Waals surface area contributed by atoms with Gasteiger partial charge in [-0.25, -0.2) is 0 Å². The maximum absolute atomic E-state index is 10.2. The molecule has 0 aliphatic carbocycles. The molecular formula is C13H34O4Si3. The first-order valence-corrected chi connectivity index (χ1v) is 16.7. The normalized spacial score (nSPS) is 17.1. The van der Waals surface area contributed by atoms with Crippen molar-refractivity contribution in [1.29, 1.82) is 0 Å². The van der Waals surface area contributed by atoms with E-state index in [2.05, 4.69) is 52.8 Å². The van der Waals surface area contributed by atoms with E-state index in [4.69, 9.17) is 8.23 Å². The molecule has 0 aromatic rings. The van der Waals surface area contributed by atoms with Gasteiger partial charge in [0.2, 0.25) is 0 Å². The van der Waals surface area contributed by atoms with Crippen LogP contribution in [0, 0.1) is 0 Å². The Kier molecular flexibility index (Phi) is 7.85. The number of rotatable bonds is 9. The highest BCUT2D eigenvalue weighted by Gasteiger charge is 2.48. The molecule has 0 aliphatic rings. The molecule has 0 saturated carbocycles. The minimum Gasteiger partial charge on any atom is -0.436 e. The molecule has 2 unspecified atom stereocenters. The summed E-state index contributed by atoms with van der Waals surface area (Å²) in [7, 11) is -6.09. The summed E-state index contributed by atoms with van der Waals surface area (Å²) in [4.78, 5) is 0. The Hall–Kier alpha value is 0.491. The predicted octanol–water partition coefficient (Wildman–Crippen LogP) is 3.28. The largest absolute Gasteiger partial charge is 0.436 e. The Morgan fingerprint density at radius 1 is 0.900 bits per heavy atom. The van der Waals surface area contributed by atoms with E-state index >= 15 is 0 Å². The smallest absolute Gasteiger partial charge is 0.320 e. The Labute approximate surface area is 128 Å². The van der Waals surface area contributed by atoms with Crippen LogP contribution in [0.3, 0.4) is 0 Å². The minimum atomic E-state index is -2.54. The lowest BCUT2D eigenvalue weighted by atomic mass is 10.1. The van der Waals surface area contributed by atoms with Gasteiger partial charge >= 0.3 is 8.56 Å². The van der Waals surface area contributed by atoms with Gasteiger partial charge in [0.15, 0.2) is 16.6 Å². The molecule has 0 aromatic heterocycles. The van der Waals surface area contributed by atoms with Crippen LogP contribution < -0.4 is 0 Å². The van der Waals surface area contributed by atoms with Crippen LogP contribution in [-0.4, -0.2) is 48.1 Å². The van der Waals surface area contributed by atoms with Gasteiger partial charge in [-0.2, -0.15) is 0 Å². The van der Waals surface area contributed by atoms with E-state index in [-0.39, 0.29) is 12.1 Å². The van der Waals surface area contributed by atoms with Gasteiger partial charge in [-0.3, -0.25) is 0 Å². The van der Waals surface area contributed by atoms with Crippen molar-refractivity contribution < 1.29 is 18.4 Å². The van der Waals surface area contributed by atoms with E-state index in [0.717, 1.165) is 12.8 Å². The maximum atomic E-state index is 10.2. The third-order valence-corrected chi connectivity index (χ3v) is 13.1. The van der Waals surface area contributed by atoms with Crippen molar-refractivity contribution in [1.82, 2.24) is 0 Å². The van der Waals surface area contributed by atoms with Crippen molar-refractivity contribution in [3.05, 3.63) is 0 Å². The van der Waals surface area contributed by atoms with Crippen LogP contribution in [-0.2, 0) is 8.23 Å². The molecule has 4 nitrogen and oxygen atoms in total. The van der Waals surface area contributed by atoms with Crippen LogP contribution in [0.4, 0.5) is 0 Å². The number of hydrogen-bond donors (Lipinski definition) is 2. The fourth-order valence-corrected chi connectivity index (χ4v) is 15.7. The van der Waals surface area contributed by atoms with Crippen LogP contribution in [0.1, 0.15) is 19.8 Å². The molecule has 7 heteroatoms. The fourth-order valence-electron chi connectivity index (χ4n) is 2.63. The molecule has 0 radical (unpaired) electrons. The van der Waals surface area contributed by atoms with Crippen LogP contribution in [0.15, 0.2) is 0 Å². The predicted molar refractivity (Wildman–Crippen MR) is 92.2 cm³/mol. The molecule has 0 saturated heterocycles. The molecule has 0 rings (SSSR count). The average Bonchev–Trinajstić information content (AvgIpc) is 2.19. The van der Waals surface area contributed by atoms with Crippen LogP contribution in [0.2, 0.25) is 51.4 Å². The SMILES string of the molecule is CCCC(C(O)CO)[Si](C)(O[Si](C)(C)C)O[Si](C)(C)C. The number of aliphatic hydroxyl groups excluding tert-OH is 2. The second-order valence-corrected chi connectivity index (χ2v) is 20.4. The molecule has 0 heterocycles. The van der Waals surface area contributed by atoms with Crippen molar-refractivity contribution >= 4 is 25.2 Å². The lowest BCUT2D eigenvalue weighted by Crippen LogP contribution is -2.58. The zero-order valence-corrected chi connectivity index (χ0v) is 17.5. The quantitative estimate of drug-likeness (QED) is 0.633. The Morgan fingerprint density at radius 3 is 1.55 bits per heavy atom. The van der Waals surface area contributed by atoms with Crippen molar-refractivity contribution in [2.75, 3.05) is 6.61 Å². The summed E-state index contributed by atoms with van der Waals surface area (Å²) < 4.78 is 12.9. The van der Waals surface area contributed by atoms with Crippen molar-refractivity contribution in [2.45, 2.75) is 77.2 Å². The van der Waals surface area contributed by atoms with E-state index < -0.39 is 31.3 Å². The molecule has 0 aromatic carbocycles. The summed E-state index contributed by atoms with van der Waals surface area (Å²) in [5.41, 5.74) is -0.0732. The summed E-state index contributed by atoms with van der Waals surface area (Å²) in [6.45, 7) is 16.9. The van der Waals surface area contributed by atoms with Crippen LogP contribution in [0.25, 0.3) is 0 Å². The third-order valence-electron chi connectivity index (χ3n) is 2.94. The van der Waals surface area contributed by atoms with Crippen LogP contribution in [0.5, 0.6) is 0 Å². The lowest BCUT2D eigenvalue weighted by molar-refractivity contribution is 0.0758. The monoisotopic (exact) mass is 338 g/mol. The summed E-state index contributed by atoms with van der Waals surface area (Å²) in [5.74, 6) is 0. The first-order chi connectivity index (χ1) is 8.84. The maximum Gasteiger partial charge on any atom is 0.320 e. The van der Waals surface area contributed by atoms with E-state index in [1.165, 1.54) is 0 Å². The Morgan fingerprint density at radius 2 is 1.30 bits per heavy atom. The van der Waals surface area contributed by atoms with Gasteiger partial charge < -0.3 is 18.4 Å². The average molecular weight is 339 g/mol. The third kappa shape index (κ3) is 7.49. The topological polar surface area (TPSA) is 58.9 Å². The van der Waals surface area contributed by atoms with E-state index in [0.29, 0.717) is 0 Å². The van der Waals surface area contributed by atoms with Crippen molar-refractivity contribution in [3.63, 3.8) is 0 Å². The van der Waals surface area contributed by atoms with E-state index in [1.54, 1.807) is 0 Å². The summed E-state index contributed by atoms with van der Waals surface area (Å²) >= 11 is 0. The fraction of sp³-hybridized carbons (Fsp3) is 1.00. The Bertz CT molecular complexity index is 270. The molecule has 0 amide bonds. The molecular weight excluding hydrogens is 304 g/mol. The van der Waals surface area contributed by atoms with Gasteiger partial charge in [0.25, 0.3) is 0 Å². The van der Waals surface area contributed by atoms with Gasteiger partial charge in [0, 0.05) is 5.54 Å². The van der Waals surface area contributed by atoms with E-state index in [9.17, 15) is 10.2 Å². The molecule has 0 spiro atoms. The second-order valence-electron chi connectivity index (χ2n) is 7.59. The van der Waals surface area contributed by atoms with E-state index in [1.807, 2.05) is 0 Å². The minimum absolute atomic E-state index is 0.0732. The van der Waals surface area contributed by atoms with Crippen molar-refractivity contribution in [3.8, 4) is 0 Å². The molecule has 2 atom stereocenters. The molecule has 122 valence electrons. The molecule has 2 N–H and O–H groups in total. The second kappa shape index (κ2) is 7.66. The lowest BCUT2D eigenvalue weighted by Gasteiger charge is -2.44. The Balaban J connectivity index is 5.43. The summed E-state index contributed by atoms with van der Waals surface area (Å²) in [6, 6.07) is 0. The molecule has 20 heavy (non-hydrogen) atoms. The van der Waals surface area contributed by atoms with Gasteiger partial charge in [0.05, 0.1) is 12.7 Å². The first kappa shape index (κ1) is 20.5. The summed E-state index contributed by atoms with van der Waals surface area (Å²) in [6.07, 6.45) is 1.03. The standard InChI is InChI=1S/C13H34O4Si3/c1-9-10-13(12(15)11-14)20(8,16-18(2,3)4)17-19(5,6)7/h12-15H,9-11H2,1-8H3. The van der Waals surface area contributed by atoms with Gasteiger partial charge in [-0.15, -0.1) is 0 Å². The number of hydrogen-bond acceptors (Lipinski definition) is 4. The van der Waals surface area contributed by atoms with Gasteiger partial charge in [0.1, 0.15) is 0 Å². The van der Waals surface area contributed by atoms with Crippen molar-refractivity contribution in [2.24, 2.45) is 0 Å². The van der Waals surface area contributed by atoms with Gasteiger partial charge in [-0.05, 0) is 52.2 Å². The van der Waals surface area contributed by atoms with Gasteiger partial charge in [-0.1, -0.05) is 13.3 Å². The highest BCUT2D eigenvalue weighted by Crippen LogP contribution is 2.36. The highest BCUT2D eigenvalue weighted by molar-refractivity contribution is 6.88. The first-order valence-electron chi connectivity index (χ1n) is 7.54. The zero-order valence-electron chi connectivity index (χ0n) is 14.5. The molecule has 0 aliphatic heterocycles. The number of aliphatic hydroxyl groups is 2.